The molecule has 2 rings (SSSR count). The summed E-state index contributed by atoms with van der Waals surface area (Å²) in [5.74, 6) is 1.04. The normalized spacial score (nSPS) is 31.7. The van der Waals surface area contributed by atoms with Crippen molar-refractivity contribution < 1.29 is 13.2 Å². The monoisotopic (exact) mass is 288 g/mol. The van der Waals surface area contributed by atoms with Crippen LogP contribution in [0.25, 0.3) is 0 Å². The second-order valence-electron chi connectivity index (χ2n) is 5.64. The number of nitrogens with zero attached hydrogens (tertiary/aromatic N) is 1. The molecule has 0 spiro atoms. The van der Waals surface area contributed by atoms with Gasteiger partial charge in [0.15, 0.2) is 9.84 Å². The lowest BCUT2D eigenvalue weighted by molar-refractivity contribution is -0.134. The van der Waals surface area contributed by atoms with Gasteiger partial charge < -0.3 is 10.2 Å². The Morgan fingerprint density at radius 3 is 2.84 bits per heavy atom. The lowest BCUT2D eigenvalue weighted by Crippen LogP contribution is -2.50. The summed E-state index contributed by atoms with van der Waals surface area (Å²) in [6.45, 7) is 3.99. The Hall–Kier alpha value is -0.620. The molecule has 2 saturated heterocycles. The molecule has 0 radical (unpaired) electrons. The van der Waals surface area contributed by atoms with Crippen LogP contribution in [0.15, 0.2) is 0 Å². The van der Waals surface area contributed by atoms with Crippen LogP contribution in [0, 0.1) is 5.92 Å². The van der Waals surface area contributed by atoms with Crippen LogP contribution in [-0.4, -0.2) is 56.4 Å². The fourth-order valence-electron chi connectivity index (χ4n) is 2.93. The molecule has 2 unspecified atom stereocenters. The molecule has 0 aromatic carbocycles. The van der Waals surface area contributed by atoms with Gasteiger partial charge in [-0.1, -0.05) is 13.3 Å². The number of piperidine rings is 1. The van der Waals surface area contributed by atoms with Gasteiger partial charge in [0.1, 0.15) is 0 Å². The number of rotatable bonds is 2. The average Bonchev–Trinajstić information content (AvgIpc) is 2.59. The molecule has 2 aliphatic heterocycles. The number of nitrogens with one attached hydrogen (secondary N) is 1. The third-order valence-electron chi connectivity index (χ3n) is 4.26. The summed E-state index contributed by atoms with van der Waals surface area (Å²) in [5.41, 5.74) is 0. The van der Waals surface area contributed by atoms with E-state index in [1.807, 2.05) is 0 Å². The van der Waals surface area contributed by atoms with Crippen LogP contribution >= 0.6 is 0 Å². The minimum atomic E-state index is -2.95. The van der Waals surface area contributed by atoms with E-state index in [2.05, 4.69) is 12.2 Å². The minimum absolute atomic E-state index is 0.0928. The summed E-state index contributed by atoms with van der Waals surface area (Å²) in [7, 11) is -2.95. The molecule has 2 heterocycles. The van der Waals surface area contributed by atoms with Crippen LogP contribution in [0.3, 0.4) is 0 Å². The summed E-state index contributed by atoms with van der Waals surface area (Å²) in [5, 5.41) is 3.28. The number of carbonyl (C=O) groups is 1. The van der Waals surface area contributed by atoms with E-state index in [9.17, 15) is 13.2 Å². The van der Waals surface area contributed by atoms with Crippen molar-refractivity contribution >= 4 is 15.7 Å². The summed E-state index contributed by atoms with van der Waals surface area (Å²) in [4.78, 5) is 14.2. The van der Waals surface area contributed by atoms with Crippen molar-refractivity contribution in [3.05, 3.63) is 0 Å². The number of hydrogen-bond acceptors (Lipinski definition) is 4. The van der Waals surface area contributed by atoms with Crippen LogP contribution in [0.4, 0.5) is 0 Å². The van der Waals surface area contributed by atoms with Gasteiger partial charge in [0.05, 0.1) is 17.5 Å². The van der Waals surface area contributed by atoms with Gasteiger partial charge >= 0.3 is 0 Å². The van der Waals surface area contributed by atoms with Crippen molar-refractivity contribution in [1.82, 2.24) is 10.2 Å². The quantitative estimate of drug-likeness (QED) is 0.799. The molecule has 0 aromatic heterocycles. The van der Waals surface area contributed by atoms with E-state index < -0.39 is 9.84 Å². The summed E-state index contributed by atoms with van der Waals surface area (Å²) in [6, 6.07) is -0.112. The van der Waals surface area contributed by atoms with Gasteiger partial charge in [0.25, 0.3) is 0 Å². The van der Waals surface area contributed by atoms with Crippen molar-refractivity contribution in [2.24, 2.45) is 5.92 Å². The van der Waals surface area contributed by atoms with Crippen LogP contribution < -0.4 is 5.32 Å². The first-order chi connectivity index (χ1) is 9.02. The molecule has 2 aliphatic rings. The number of sulfone groups is 1. The Morgan fingerprint density at radius 2 is 2.11 bits per heavy atom. The predicted molar refractivity (Wildman–Crippen MR) is 74.7 cm³/mol. The molecule has 110 valence electrons. The van der Waals surface area contributed by atoms with Gasteiger partial charge in [-0.2, -0.15) is 0 Å². The maximum absolute atomic E-state index is 12.4. The number of hydrogen-bond donors (Lipinski definition) is 1. The largest absolute Gasteiger partial charge is 0.340 e. The first-order valence-electron chi connectivity index (χ1n) is 7.24. The lowest BCUT2D eigenvalue weighted by atomic mass is 9.90. The molecule has 0 aliphatic carbocycles. The molecule has 5 nitrogen and oxygen atoms in total. The summed E-state index contributed by atoms with van der Waals surface area (Å²) < 4.78 is 23.1. The number of carbonyl (C=O) groups excluding carboxylic acids is 1. The Kier molecular flexibility index (Phi) is 4.84. The molecule has 19 heavy (non-hydrogen) atoms. The van der Waals surface area contributed by atoms with Gasteiger partial charge in [-0.25, -0.2) is 8.42 Å². The molecule has 1 N–H and O–H groups in total. The Labute approximate surface area is 115 Å². The van der Waals surface area contributed by atoms with E-state index in [0.717, 1.165) is 25.8 Å². The van der Waals surface area contributed by atoms with Crippen molar-refractivity contribution in [1.29, 1.82) is 0 Å². The van der Waals surface area contributed by atoms with Gasteiger partial charge in [0, 0.05) is 13.1 Å². The van der Waals surface area contributed by atoms with Gasteiger partial charge in [-0.05, 0) is 31.7 Å². The predicted octanol–water partition coefficient (Wildman–Crippen LogP) is 0.412. The average molecular weight is 288 g/mol. The van der Waals surface area contributed by atoms with Crippen LogP contribution in [0.1, 0.15) is 32.6 Å². The lowest BCUT2D eigenvalue weighted by Gasteiger charge is -2.32. The third-order valence-corrected chi connectivity index (χ3v) is 5.97. The SMILES string of the molecule is CCC1CCNC(C(=O)N2CCCS(=O)(=O)CC2)C1. The first-order valence-corrected chi connectivity index (χ1v) is 9.06. The Bertz CT molecular complexity index is 422. The highest BCUT2D eigenvalue weighted by Crippen LogP contribution is 2.21. The van der Waals surface area contributed by atoms with Crippen LogP contribution in [-0.2, 0) is 14.6 Å². The van der Waals surface area contributed by atoms with Gasteiger partial charge in [-0.3, -0.25) is 4.79 Å². The Balaban J connectivity index is 1.95. The molecule has 0 bridgehead atoms. The van der Waals surface area contributed by atoms with E-state index >= 15 is 0 Å². The van der Waals surface area contributed by atoms with E-state index in [1.165, 1.54) is 0 Å². The zero-order valence-electron chi connectivity index (χ0n) is 11.6. The molecule has 2 atom stereocenters. The highest BCUT2D eigenvalue weighted by molar-refractivity contribution is 7.91. The first kappa shape index (κ1) is 14.8. The number of amides is 1. The molecule has 2 fully saturated rings. The second kappa shape index (κ2) is 6.22. The minimum Gasteiger partial charge on any atom is -0.340 e. The maximum Gasteiger partial charge on any atom is 0.239 e. The maximum atomic E-state index is 12.4. The standard InChI is InChI=1S/C13H24N2O3S/c1-2-11-4-5-14-12(10-11)13(16)15-6-3-8-19(17,18)9-7-15/h11-12,14H,2-10H2,1H3. The highest BCUT2D eigenvalue weighted by Gasteiger charge is 2.31. The molecule has 6 heteroatoms. The van der Waals surface area contributed by atoms with Crippen LogP contribution in [0.2, 0.25) is 0 Å². The molecule has 1 amide bonds. The zero-order valence-corrected chi connectivity index (χ0v) is 12.4. The molecule has 0 aromatic rings. The molecular formula is C13H24N2O3S. The van der Waals surface area contributed by atoms with Crippen LogP contribution in [0.5, 0.6) is 0 Å². The van der Waals surface area contributed by atoms with Crippen molar-refractivity contribution in [3.63, 3.8) is 0 Å². The van der Waals surface area contributed by atoms with Gasteiger partial charge in [0.2, 0.25) is 5.91 Å². The van der Waals surface area contributed by atoms with E-state index in [1.54, 1.807) is 4.90 Å². The van der Waals surface area contributed by atoms with E-state index in [-0.39, 0.29) is 23.5 Å². The second-order valence-corrected chi connectivity index (χ2v) is 7.94. The van der Waals surface area contributed by atoms with Crippen molar-refractivity contribution in [2.45, 2.75) is 38.6 Å². The fourth-order valence-corrected chi connectivity index (χ4v) is 4.21. The third kappa shape index (κ3) is 3.92. The molecule has 0 saturated carbocycles. The van der Waals surface area contributed by atoms with Crippen molar-refractivity contribution in [3.8, 4) is 0 Å². The van der Waals surface area contributed by atoms with E-state index in [0.29, 0.717) is 25.4 Å². The Morgan fingerprint density at radius 1 is 1.32 bits per heavy atom. The smallest absolute Gasteiger partial charge is 0.239 e. The van der Waals surface area contributed by atoms with Crippen molar-refractivity contribution in [2.75, 3.05) is 31.1 Å². The highest BCUT2D eigenvalue weighted by atomic mass is 32.2. The zero-order chi connectivity index (χ0) is 13.9. The summed E-state index contributed by atoms with van der Waals surface area (Å²) in [6.07, 6.45) is 3.70. The molecular weight excluding hydrogens is 264 g/mol. The van der Waals surface area contributed by atoms with Gasteiger partial charge in [-0.15, -0.1) is 0 Å². The topological polar surface area (TPSA) is 66.5 Å². The van der Waals surface area contributed by atoms with E-state index in [4.69, 9.17) is 0 Å². The fraction of sp³-hybridized carbons (Fsp3) is 0.923. The summed E-state index contributed by atoms with van der Waals surface area (Å²) >= 11 is 0.